The maximum absolute atomic E-state index is 13.8. The minimum absolute atomic E-state index is 0.136. The number of nitrogens with one attached hydrogen (secondary N) is 1. The predicted molar refractivity (Wildman–Crippen MR) is 112 cm³/mol. The number of amides is 1. The van der Waals surface area contributed by atoms with Crippen molar-refractivity contribution in [1.29, 1.82) is 0 Å². The quantitative estimate of drug-likeness (QED) is 0.780. The largest absolute Gasteiger partial charge is 0.376 e. The SMILES string of the molecule is CN(C)c1ccc(S(=O)(=O)N2CCCCC2)cc1NC(=O)Cc1ccccc1F. The van der Waals surface area contributed by atoms with E-state index in [9.17, 15) is 17.6 Å². The molecule has 0 aromatic heterocycles. The highest BCUT2D eigenvalue weighted by Gasteiger charge is 2.27. The van der Waals surface area contributed by atoms with Gasteiger partial charge in [0.05, 0.1) is 22.7 Å². The summed E-state index contributed by atoms with van der Waals surface area (Å²) >= 11 is 0. The molecule has 8 heteroatoms. The zero-order valence-electron chi connectivity index (χ0n) is 16.7. The third-order valence-corrected chi connectivity index (χ3v) is 6.88. The van der Waals surface area contributed by atoms with Gasteiger partial charge in [-0.3, -0.25) is 4.79 Å². The summed E-state index contributed by atoms with van der Waals surface area (Å²) in [6, 6.07) is 10.8. The molecule has 0 bridgehead atoms. The molecule has 156 valence electrons. The number of hydrogen-bond acceptors (Lipinski definition) is 4. The van der Waals surface area contributed by atoms with Crippen molar-refractivity contribution in [2.75, 3.05) is 37.4 Å². The van der Waals surface area contributed by atoms with Crippen molar-refractivity contribution in [2.24, 2.45) is 0 Å². The number of halogens is 1. The van der Waals surface area contributed by atoms with Gasteiger partial charge >= 0.3 is 0 Å². The lowest BCUT2D eigenvalue weighted by atomic mass is 10.1. The first-order chi connectivity index (χ1) is 13.8. The molecule has 0 radical (unpaired) electrons. The van der Waals surface area contributed by atoms with Gasteiger partial charge in [-0.25, -0.2) is 12.8 Å². The molecule has 2 aromatic carbocycles. The van der Waals surface area contributed by atoms with Crippen molar-refractivity contribution >= 4 is 27.3 Å². The number of anilines is 2. The lowest BCUT2D eigenvalue weighted by Gasteiger charge is -2.26. The van der Waals surface area contributed by atoms with Gasteiger partial charge in [0.2, 0.25) is 15.9 Å². The van der Waals surface area contributed by atoms with Crippen molar-refractivity contribution in [2.45, 2.75) is 30.6 Å². The van der Waals surface area contributed by atoms with Gasteiger partial charge < -0.3 is 10.2 Å². The van der Waals surface area contributed by atoms with E-state index >= 15 is 0 Å². The van der Waals surface area contributed by atoms with Crippen LogP contribution in [0.4, 0.5) is 15.8 Å². The number of carbonyl (C=O) groups excluding carboxylic acids is 1. The first-order valence-electron chi connectivity index (χ1n) is 9.64. The summed E-state index contributed by atoms with van der Waals surface area (Å²) in [4.78, 5) is 14.4. The third kappa shape index (κ3) is 4.94. The fraction of sp³-hybridized carbons (Fsp3) is 0.381. The zero-order chi connectivity index (χ0) is 21.0. The topological polar surface area (TPSA) is 69.7 Å². The Morgan fingerprint density at radius 2 is 1.79 bits per heavy atom. The van der Waals surface area contributed by atoms with Crippen LogP contribution in [0.15, 0.2) is 47.4 Å². The predicted octanol–water partition coefficient (Wildman–Crippen LogP) is 3.25. The molecular weight excluding hydrogens is 393 g/mol. The molecule has 0 spiro atoms. The molecule has 1 amide bonds. The van der Waals surface area contributed by atoms with Crippen LogP contribution in [0.1, 0.15) is 24.8 Å². The van der Waals surface area contributed by atoms with Gasteiger partial charge in [-0.1, -0.05) is 24.6 Å². The van der Waals surface area contributed by atoms with Gasteiger partial charge in [-0.05, 0) is 42.7 Å². The number of piperidine rings is 1. The minimum Gasteiger partial charge on any atom is -0.376 e. The van der Waals surface area contributed by atoms with Crippen molar-refractivity contribution in [3.63, 3.8) is 0 Å². The van der Waals surface area contributed by atoms with E-state index in [4.69, 9.17) is 0 Å². The van der Waals surface area contributed by atoms with Crippen LogP contribution in [0, 0.1) is 5.82 Å². The van der Waals surface area contributed by atoms with Crippen LogP contribution in [0.25, 0.3) is 0 Å². The maximum Gasteiger partial charge on any atom is 0.243 e. The molecule has 3 rings (SSSR count). The summed E-state index contributed by atoms with van der Waals surface area (Å²) < 4.78 is 41.3. The summed E-state index contributed by atoms with van der Waals surface area (Å²) in [7, 11) is -0.0124. The molecule has 1 N–H and O–H groups in total. The highest BCUT2D eigenvalue weighted by atomic mass is 32.2. The van der Waals surface area contributed by atoms with Crippen LogP contribution < -0.4 is 10.2 Å². The molecule has 1 saturated heterocycles. The monoisotopic (exact) mass is 419 g/mol. The highest BCUT2D eigenvalue weighted by molar-refractivity contribution is 7.89. The van der Waals surface area contributed by atoms with Crippen LogP contribution in [0.5, 0.6) is 0 Å². The standard InChI is InChI=1S/C21H26FN3O3S/c1-24(2)20-11-10-17(29(27,28)25-12-6-3-7-13-25)15-19(20)23-21(26)14-16-8-4-5-9-18(16)22/h4-5,8-11,15H,3,6-7,12-14H2,1-2H3,(H,23,26). The molecule has 1 aliphatic rings. The average Bonchev–Trinajstić information content (AvgIpc) is 2.70. The van der Waals surface area contributed by atoms with Crippen LogP contribution >= 0.6 is 0 Å². The van der Waals surface area contributed by atoms with Crippen molar-refractivity contribution in [3.8, 4) is 0 Å². The second-order valence-electron chi connectivity index (χ2n) is 7.35. The Bertz CT molecular complexity index is 986. The minimum atomic E-state index is -3.62. The van der Waals surface area contributed by atoms with E-state index in [-0.39, 0.29) is 16.9 Å². The summed E-state index contributed by atoms with van der Waals surface area (Å²) in [5, 5.41) is 2.75. The molecule has 1 aliphatic heterocycles. The van der Waals surface area contributed by atoms with Crippen LogP contribution in [-0.4, -0.2) is 45.8 Å². The third-order valence-electron chi connectivity index (χ3n) is 4.99. The van der Waals surface area contributed by atoms with Crippen molar-refractivity contribution in [3.05, 3.63) is 53.8 Å². The normalized spacial score (nSPS) is 15.1. The zero-order valence-corrected chi connectivity index (χ0v) is 17.5. The maximum atomic E-state index is 13.8. The summed E-state index contributed by atoms with van der Waals surface area (Å²) in [6.45, 7) is 1.01. The Morgan fingerprint density at radius 1 is 1.10 bits per heavy atom. The second kappa shape index (κ2) is 8.92. The summed E-state index contributed by atoms with van der Waals surface area (Å²) in [5.74, 6) is -0.859. The van der Waals surface area contributed by atoms with Crippen LogP contribution in [0.2, 0.25) is 0 Å². The number of hydrogen-bond donors (Lipinski definition) is 1. The fourth-order valence-corrected chi connectivity index (χ4v) is 4.97. The molecule has 0 unspecified atom stereocenters. The van der Waals surface area contributed by atoms with Gasteiger partial charge in [-0.15, -0.1) is 0 Å². The number of benzene rings is 2. The van der Waals surface area contributed by atoms with Gasteiger partial charge in [0, 0.05) is 27.2 Å². The van der Waals surface area contributed by atoms with Crippen molar-refractivity contribution in [1.82, 2.24) is 4.31 Å². The van der Waals surface area contributed by atoms with E-state index in [1.165, 1.54) is 16.4 Å². The van der Waals surface area contributed by atoms with Crippen LogP contribution in [-0.2, 0) is 21.2 Å². The first-order valence-corrected chi connectivity index (χ1v) is 11.1. The highest BCUT2D eigenvalue weighted by Crippen LogP contribution is 2.30. The number of carbonyl (C=O) groups is 1. The molecule has 1 fully saturated rings. The summed E-state index contributed by atoms with van der Waals surface area (Å²) in [6.07, 6.45) is 2.59. The van der Waals surface area contributed by atoms with Crippen molar-refractivity contribution < 1.29 is 17.6 Å². The van der Waals surface area contributed by atoms with E-state index in [1.54, 1.807) is 49.3 Å². The molecule has 0 aliphatic carbocycles. The number of sulfonamides is 1. The molecular formula is C21H26FN3O3S. The van der Waals surface area contributed by atoms with Gasteiger partial charge in [0.15, 0.2) is 0 Å². The Hall–Kier alpha value is -2.45. The smallest absolute Gasteiger partial charge is 0.243 e. The lowest BCUT2D eigenvalue weighted by Crippen LogP contribution is -2.35. The molecule has 1 heterocycles. The Labute approximate surface area is 171 Å². The Morgan fingerprint density at radius 3 is 2.45 bits per heavy atom. The first kappa shape index (κ1) is 21.3. The van der Waals surface area contributed by atoms with E-state index in [0.717, 1.165) is 19.3 Å². The lowest BCUT2D eigenvalue weighted by molar-refractivity contribution is -0.115. The van der Waals surface area contributed by atoms with Crippen LogP contribution in [0.3, 0.4) is 0 Å². The van der Waals surface area contributed by atoms with E-state index in [0.29, 0.717) is 24.5 Å². The number of rotatable bonds is 6. The van der Waals surface area contributed by atoms with Gasteiger partial charge in [-0.2, -0.15) is 4.31 Å². The Kier molecular flexibility index (Phi) is 6.54. The number of nitrogens with zero attached hydrogens (tertiary/aromatic N) is 2. The molecule has 2 aromatic rings. The summed E-state index contributed by atoms with van der Waals surface area (Å²) in [5.41, 5.74) is 1.34. The van der Waals surface area contributed by atoms with Gasteiger partial charge in [0.1, 0.15) is 5.82 Å². The molecule has 6 nitrogen and oxygen atoms in total. The molecule has 29 heavy (non-hydrogen) atoms. The van der Waals surface area contributed by atoms with E-state index < -0.39 is 21.7 Å². The fourth-order valence-electron chi connectivity index (χ4n) is 3.43. The van der Waals surface area contributed by atoms with E-state index in [2.05, 4.69) is 5.32 Å². The second-order valence-corrected chi connectivity index (χ2v) is 9.29. The van der Waals surface area contributed by atoms with Gasteiger partial charge in [0.25, 0.3) is 0 Å². The Balaban J connectivity index is 1.87. The average molecular weight is 420 g/mol. The molecule has 0 saturated carbocycles. The van der Waals surface area contributed by atoms with E-state index in [1.807, 2.05) is 0 Å². The molecule has 0 atom stereocenters.